The first-order valence-electron chi connectivity index (χ1n) is 5.46. The third-order valence-electron chi connectivity index (χ3n) is 2.62. The molecule has 0 aliphatic rings. The van der Waals surface area contributed by atoms with Crippen LogP contribution < -0.4 is 5.32 Å². The monoisotopic (exact) mass is 273 g/mol. The number of carbonyl (C=O) groups is 1. The van der Waals surface area contributed by atoms with Crippen molar-refractivity contribution in [3.05, 3.63) is 47.4 Å². The number of aromatic nitrogens is 4. The highest BCUT2D eigenvalue weighted by Gasteiger charge is 2.12. The van der Waals surface area contributed by atoms with Crippen LogP contribution in [0.15, 0.2) is 36.7 Å². The number of nitrogens with zero attached hydrogens (tertiary/aromatic N) is 3. The van der Waals surface area contributed by atoms with Crippen molar-refractivity contribution in [1.29, 1.82) is 0 Å². The second-order valence-electron chi connectivity index (χ2n) is 3.80. The Morgan fingerprint density at radius 3 is 3.00 bits per heavy atom. The number of carbonyl (C=O) groups excluding carboxylic acids is 1. The summed E-state index contributed by atoms with van der Waals surface area (Å²) in [5.74, 6) is -0.346. The molecule has 2 aromatic heterocycles. The van der Waals surface area contributed by atoms with Gasteiger partial charge in [0.25, 0.3) is 5.91 Å². The van der Waals surface area contributed by atoms with E-state index in [1.807, 2.05) is 6.07 Å². The Morgan fingerprint density at radius 2 is 2.21 bits per heavy atom. The third kappa shape index (κ3) is 2.13. The predicted octanol–water partition coefficient (Wildman–Crippen LogP) is 2.26. The van der Waals surface area contributed by atoms with Crippen LogP contribution in [0.2, 0.25) is 5.02 Å². The molecule has 0 aliphatic heterocycles. The first kappa shape index (κ1) is 11.6. The molecule has 0 saturated heterocycles. The number of aromatic amines is 1. The molecule has 0 bridgehead atoms. The van der Waals surface area contributed by atoms with Crippen molar-refractivity contribution in [1.82, 2.24) is 20.4 Å². The zero-order chi connectivity index (χ0) is 13.2. The van der Waals surface area contributed by atoms with E-state index in [1.54, 1.807) is 24.4 Å². The summed E-state index contributed by atoms with van der Waals surface area (Å²) in [6.07, 6.45) is 3.00. The number of benzene rings is 1. The molecule has 94 valence electrons. The van der Waals surface area contributed by atoms with Gasteiger partial charge < -0.3 is 5.32 Å². The van der Waals surface area contributed by atoms with E-state index in [0.717, 1.165) is 5.39 Å². The third-order valence-corrected chi connectivity index (χ3v) is 2.92. The van der Waals surface area contributed by atoms with Gasteiger partial charge in [0.15, 0.2) is 5.69 Å². The molecule has 6 nitrogen and oxygen atoms in total. The van der Waals surface area contributed by atoms with Gasteiger partial charge in [0.2, 0.25) is 0 Å². The SMILES string of the molecule is O=C(Nc1ccc(Cl)c2ncccc12)c1cn[nH]n1. The molecule has 7 heteroatoms. The lowest BCUT2D eigenvalue weighted by Gasteiger charge is -2.07. The second kappa shape index (κ2) is 4.66. The lowest BCUT2D eigenvalue weighted by molar-refractivity contribution is 0.102. The summed E-state index contributed by atoms with van der Waals surface area (Å²) in [7, 11) is 0. The lowest BCUT2D eigenvalue weighted by atomic mass is 10.2. The number of halogens is 1. The van der Waals surface area contributed by atoms with Gasteiger partial charge in [-0.25, -0.2) is 0 Å². The van der Waals surface area contributed by atoms with Crippen molar-refractivity contribution < 1.29 is 4.79 Å². The fourth-order valence-corrected chi connectivity index (χ4v) is 1.96. The maximum Gasteiger partial charge on any atom is 0.277 e. The zero-order valence-corrected chi connectivity index (χ0v) is 10.3. The summed E-state index contributed by atoms with van der Waals surface area (Å²) in [4.78, 5) is 16.1. The van der Waals surface area contributed by atoms with Crippen LogP contribution in [-0.2, 0) is 0 Å². The Labute approximate surface area is 112 Å². The molecule has 0 unspecified atom stereocenters. The highest BCUT2D eigenvalue weighted by Crippen LogP contribution is 2.28. The number of H-pyrrole nitrogens is 1. The van der Waals surface area contributed by atoms with Crippen LogP contribution in [-0.4, -0.2) is 26.3 Å². The fourth-order valence-electron chi connectivity index (χ4n) is 1.74. The van der Waals surface area contributed by atoms with Gasteiger partial charge in [-0.3, -0.25) is 9.78 Å². The Balaban J connectivity index is 2.02. The number of rotatable bonds is 2. The van der Waals surface area contributed by atoms with Crippen LogP contribution >= 0.6 is 11.6 Å². The summed E-state index contributed by atoms with van der Waals surface area (Å²) >= 11 is 6.06. The van der Waals surface area contributed by atoms with Crippen molar-refractivity contribution in [3.8, 4) is 0 Å². The lowest BCUT2D eigenvalue weighted by Crippen LogP contribution is -2.12. The topological polar surface area (TPSA) is 83.6 Å². The molecule has 0 aliphatic carbocycles. The maximum atomic E-state index is 11.9. The van der Waals surface area contributed by atoms with Crippen LogP contribution in [0, 0.1) is 0 Å². The highest BCUT2D eigenvalue weighted by atomic mass is 35.5. The van der Waals surface area contributed by atoms with Gasteiger partial charge in [-0.1, -0.05) is 11.6 Å². The first-order chi connectivity index (χ1) is 9.25. The van der Waals surface area contributed by atoms with Crippen molar-refractivity contribution in [2.75, 3.05) is 5.32 Å². The van der Waals surface area contributed by atoms with E-state index in [9.17, 15) is 4.79 Å². The Morgan fingerprint density at radius 1 is 1.32 bits per heavy atom. The van der Waals surface area contributed by atoms with E-state index in [4.69, 9.17) is 11.6 Å². The molecule has 3 rings (SSSR count). The molecule has 0 saturated carbocycles. The molecule has 2 N–H and O–H groups in total. The van der Waals surface area contributed by atoms with Gasteiger partial charge in [-0.05, 0) is 24.3 Å². The molecular formula is C12H8ClN5O. The molecule has 0 atom stereocenters. The van der Waals surface area contributed by atoms with E-state index >= 15 is 0 Å². The number of fused-ring (bicyclic) bond motifs is 1. The van der Waals surface area contributed by atoms with E-state index in [-0.39, 0.29) is 11.6 Å². The second-order valence-corrected chi connectivity index (χ2v) is 4.21. The Kier molecular flexibility index (Phi) is 2.85. The van der Waals surface area contributed by atoms with Crippen molar-refractivity contribution in [2.45, 2.75) is 0 Å². The van der Waals surface area contributed by atoms with Crippen LogP contribution in [0.4, 0.5) is 5.69 Å². The number of amides is 1. The van der Waals surface area contributed by atoms with Gasteiger partial charge >= 0.3 is 0 Å². The zero-order valence-electron chi connectivity index (χ0n) is 9.59. The number of hydrogen-bond donors (Lipinski definition) is 2. The van der Waals surface area contributed by atoms with Crippen molar-refractivity contribution in [3.63, 3.8) is 0 Å². The molecule has 1 aromatic carbocycles. The van der Waals surface area contributed by atoms with Crippen molar-refractivity contribution in [2.24, 2.45) is 0 Å². The number of anilines is 1. The minimum absolute atomic E-state index is 0.215. The van der Waals surface area contributed by atoms with E-state index in [0.29, 0.717) is 16.2 Å². The average molecular weight is 274 g/mol. The van der Waals surface area contributed by atoms with Gasteiger partial charge in [-0.2, -0.15) is 15.4 Å². The quantitative estimate of drug-likeness (QED) is 0.750. The van der Waals surface area contributed by atoms with Gasteiger partial charge in [0, 0.05) is 11.6 Å². The van der Waals surface area contributed by atoms with Crippen molar-refractivity contribution >= 4 is 34.1 Å². The van der Waals surface area contributed by atoms with E-state index < -0.39 is 0 Å². The number of nitrogens with one attached hydrogen (secondary N) is 2. The molecule has 19 heavy (non-hydrogen) atoms. The smallest absolute Gasteiger partial charge is 0.277 e. The van der Waals surface area contributed by atoms with Crippen LogP contribution in [0.1, 0.15) is 10.5 Å². The molecule has 0 spiro atoms. The summed E-state index contributed by atoms with van der Waals surface area (Å²) in [5, 5.41) is 13.8. The predicted molar refractivity (Wildman–Crippen MR) is 71.1 cm³/mol. The molecular weight excluding hydrogens is 266 g/mol. The fraction of sp³-hybridized carbons (Fsp3) is 0. The van der Waals surface area contributed by atoms with Gasteiger partial charge in [0.1, 0.15) is 0 Å². The largest absolute Gasteiger partial charge is 0.320 e. The van der Waals surface area contributed by atoms with Gasteiger partial charge in [0.05, 0.1) is 22.4 Å². The molecule has 2 heterocycles. The average Bonchev–Trinajstić information content (AvgIpc) is 2.96. The minimum atomic E-state index is -0.346. The first-order valence-corrected chi connectivity index (χ1v) is 5.84. The molecule has 1 amide bonds. The highest BCUT2D eigenvalue weighted by molar-refractivity contribution is 6.35. The summed E-state index contributed by atoms with van der Waals surface area (Å²) < 4.78 is 0. The van der Waals surface area contributed by atoms with E-state index in [2.05, 4.69) is 25.7 Å². The Hall–Kier alpha value is -2.47. The number of hydrogen-bond acceptors (Lipinski definition) is 4. The van der Waals surface area contributed by atoms with Crippen LogP contribution in [0.25, 0.3) is 10.9 Å². The standard InChI is InChI=1S/C12H8ClN5O/c13-8-3-4-9(7-2-1-5-14-11(7)8)16-12(19)10-6-15-18-17-10/h1-6H,(H,16,19)(H,15,17,18). The van der Waals surface area contributed by atoms with Gasteiger partial charge in [-0.15, -0.1) is 0 Å². The minimum Gasteiger partial charge on any atom is -0.320 e. The van der Waals surface area contributed by atoms with Crippen LogP contribution in [0.5, 0.6) is 0 Å². The van der Waals surface area contributed by atoms with Crippen LogP contribution in [0.3, 0.4) is 0 Å². The summed E-state index contributed by atoms with van der Waals surface area (Å²) in [6.45, 7) is 0. The molecule has 0 radical (unpaired) electrons. The summed E-state index contributed by atoms with van der Waals surface area (Å²) in [5.41, 5.74) is 1.48. The molecule has 3 aromatic rings. The summed E-state index contributed by atoms with van der Waals surface area (Å²) in [6, 6.07) is 7.04. The maximum absolute atomic E-state index is 11.9. The molecule has 0 fully saturated rings. The van der Waals surface area contributed by atoms with E-state index in [1.165, 1.54) is 6.20 Å². The number of pyridine rings is 1. The normalized spacial score (nSPS) is 10.6. The Bertz CT molecular complexity index is 741.